The van der Waals surface area contributed by atoms with Gasteiger partial charge in [-0.2, -0.15) is 4.31 Å². The van der Waals surface area contributed by atoms with E-state index in [0.29, 0.717) is 0 Å². The molecular weight excluding hydrogens is 340 g/mol. The van der Waals surface area contributed by atoms with Gasteiger partial charge in [-0.05, 0) is 17.7 Å². The molecular formula is C18H22N2O4S. The maximum atomic E-state index is 12.4. The summed E-state index contributed by atoms with van der Waals surface area (Å²) >= 11 is 0. The summed E-state index contributed by atoms with van der Waals surface area (Å²) in [6.45, 7) is 0.00101. The Morgan fingerprint density at radius 3 is 2.20 bits per heavy atom. The fraction of sp³-hybridized carbons (Fsp3) is 0.278. The highest BCUT2D eigenvalue weighted by atomic mass is 32.2. The molecule has 2 aromatic carbocycles. The molecule has 6 nitrogen and oxygen atoms in total. The number of hydrogen-bond donors (Lipinski definition) is 1. The van der Waals surface area contributed by atoms with E-state index in [1.165, 1.54) is 19.2 Å². The molecule has 0 aliphatic heterocycles. The summed E-state index contributed by atoms with van der Waals surface area (Å²) in [5.41, 5.74) is 0.940. The summed E-state index contributed by atoms with van der Waals surface area (Å²) in [5.74, 6) is -0.389. The zero-order valence-corrected chi connectivity index (χ0v) is 15.1. The van der Waals surface area contributed by atoms with Crippen LogP contribution in [-0.4, -0.2) is 45.9 Å². The van der Waals surface area contributed by atoms with E-state index in [1.807, 2.05) is 30.3 Å². The lowest BCUT2D eigenvalue weighted by atomic mass is 10.1. The SMILES string of the molecule is COC(CNC(=O)CN(C)S(=O)(=O)c1ccccc1)c1ccccc1. The minimum absolute atomic E-state index is 0.157. The highest BCUT2D eigenvalue weighted by Gasteiger charge is 2.23. The van der Waals surface area contributed by atoms with Gasteiger partial charge in [0.05, 0.1) is 17.5 Å². The first-order chi connectivity index (χ1) is 11.9. The van der Waals surface area contributed by atoms with Gasteiger partial charge in [0, 0.05) is 20.7 Å². The lowest BCUT2D eigenvalue weighted by Gasteiger charge is -2.19. The summed E-state index contributed by atoms with van der Waals surface area (Å²) in [6.07, 6.45) is -0.291. The number of carbonyl (C=O) groups is 1. The minimum atomic E-state index is -3.69. The Morgan fingerprint density at radius 1 is 1.08 bits per heavy atom. The van der Waals surface area contributed by atoms with E-state index >= 15 is 0 Å². The predicted octanol–water partition coefficient (Wildman–Crippen LogP) is 1.81. The van der Waals surface area contributed by atoms with Gasteiger partial charge in [0.2, 0.25) is 15.9 Å². The Balaban J connectivity index is 1.93. The van der Waals surface area contributed by atoms with Crippen molar-refractivity contribution in [2.24, 2.45) is 0 Å². The van der Waals surface area contributed by atoms with Crippen LogP contribution >= 0.6 is 0 Å². The summed E-state index contributed by atoms with van der Waals surface area (Å²) in [4.78, 5) is 12.3. The maximum Gasteiger partial charge on any atom is 0.243 e. The normalized spacial score (nSPS) is 12.8. The number of amides is 1. The van der Waals surface area contributed by atoms with Gasteiger partial charge in [-0.25, -0.2) is 8.42 Å². The first kappa shape index (κ1) is 19.1. The van der Waals surface area contributed by atoms with Gasteiger partial charge < -0.3 is 10.1 Å². The summed E-state index contributed by atoms with van der Waals surface area (Å²) in [6, 6.07) is 17.5. The Labute approximate surface area is 148 Å². The van der Waals surface area contributed by atoms with Crippen LogP contribution in [0.15, 0.2) is 65.6 Å². The van der Waals surface area contributed by atoms with Crippen LogP contribution in [0.3, 0.4) is 0 Å². The number of ether oxygens (including phenoxy) is 1. The molecule has 0 saturated heterocycles. The van der Waals surface area contributed by atoms with E-state index in [0.717, 1.165) is 9.87 Å². The summed E-state index contributed by atoms with van der Waals surface area (Å²) in [5, 5.41) is 2.72. The van der Waals surface area contributed by atoms with Crippen molar-refractivity contribution in [3.8, 4) is 0 Å². The molecule has 0 saturated carbocycles. The molecule has 2 aromatic rings. The lowest BCUT2D eigenvalue weighted by molar-refractivity contribution is -0.121. The number of nitrogens with one attached hydrogen (secondary N) is 1. The molecule has 1 unspecified atom stereocenters. The van der Waals surface area contributed by atoms with Gasteiger partial charge in [-0.15, -0.1) is 0 Å². The monoisotopic (exact) mass is 362 g/mol. The second-order valence-corrected chi connectivity index (χ2v) is 7.56. The van der Waals surface area contributed by atoms with E-state index in [2.05, 4.69) is 5.32 Å². The van der Waals surface area contributed by atoms with Crippen molar-refractivity contribution in [1.82, 2.24) is 9.62 Å². The fourth-order valence-corrected chi connectivity index (χ4v) is 3.48. The number of sulfonamides is 1. The molecule has 2 rings (SSSR count). The fourth-order valence-electron chi connectivity index (χ4n) is 2.33. The van der Waals surface area contributed by atoms with E-state index in [9.17, 15) is 13.2 Å². The zero-order valence-electron chi connectivity index (χ0n) is 14.3. The molecule has 1 amide bonds. The van der Waals surface area contributed by atoms with Crippen molar-refractivity contribution >= 4 is 15.9 Å². The van der Waals surface area contributed by atoms with E-state index in [-0.39, 0.29) is 30.0 Å². The highest BCUT2D eigenvalue weighted by molar-refractivity contribution is 7.89. The molecule has 25 heavy (non-hydrogen) atoms. The Bertz CT molecular complexity index is 779. The molecule has 0 aliphatic rings. The number of nitrogens with zero attached hydrogens (tertiary/aromatic N) is 1. The average molecular weight is 362 g/mol. The Kier molecular flexibility index (Phi) is 6.69. The molecule has 0 radical (unpaired) electrons. The molecule has 1 atom stereocenters. The van der Waals surface area contributed by atoms with Gasteiger partial charge in [-0.3, -0.25) is 4.79 Å². The van der Waals surface area contributed by atoms with E-state index in [4.69, 9.17) is 4.74 Å². The third-order valence-corrected chi connectivity index (χ3v) is 5.58. The van der Waals surface area contributed by atoms with Crippen LogP contribution in [0.25, 0.3) is 0 Å². The van der Waals surface area contributed by atoms with Crippen LogP contribution in [0.5, 0.6) is 0 Å². The second kappa shape index (κ2) is 8.75. The van der Waals surface area contributed by atoms with Crippen LogP contribution < -0.4 is 5.32 Å². The van der Waals surface area contributed by atoms with Crippen LogP contribution in [0.4, 0.5) is 0 Å². The number of carbonyl (C=O) groups excluding carboxylic acids is 1. The van der Waals surface area contributed by atoms with Gasteiger partial charge in [0.1, 0.15) is 0 Å². The summed E-state index contributed by atoms with van der Waals surface area (Å²) in [7, 11) is -0.742. The second-order valence-electron chi connectivity index (χ2n) is 5.51. The standard InChI is InChI=1S/C18H22N2O4S/c1-20(25(22,23)16-11-7-4-8-12-16)14-18(21)19-13-17(24-2)15-9-5-3-6-10-15/h3-12,17H,13-14H2,1-2H3,(H,19,21). The topological polar surface area (TPSA) is 75.7 Å². The maximum absolute atomic E-state index is 12.4. The van der Waals surface area contributed by atoms with Crippen LogP contribution in [0.1, 0.15) is 11.7 Å². The molecule has 1 N–H and O–H groups in total. The molecule has 0 fully saturated rings. The molecule has 0 heterocycles. The van der Waals surface area contributed by atoms with Crippen molar-refractivity contribution in [3.63, 3.8) is 0 Å². The predicted molar refractivity (Wildman–Crippen MR) is 95.5 cm³/mol. The van der Waals surface area contributed by atoms with Crippen molar-refractivity contribution < 1.29 is 17.9 Å². The summed E-state index contributed by atoms with van der Waals surface area (Å²) < 4.78 is 31.2. The molecule has 7 heteroatoms. The van der Waals surface area contributed by atoms with Gasteiger partial charge in [0.15, 0.2) is 0 Å². The molecule has 0 spiro atoms. The smallest absolute Gasteiger partial charge is 0.243 e. The first-order valence-electron chi connectivity index (χ1n) is 7.81. The number of rotatable bonds is 8. The van der Waals surface area contributed by atoms with E-state index < -0.39 is 10.0 Å². The van der Waals surface area contributed by atoms with Crippen molar-refractivity contribution in [1.29, 1.82) is 0 Å². The van der Waals surface area contributed by atoms with Crippen molar-refractivity contribution in [2.45, 2.75) is 11.0 Å². The van der Waals surface area contributed by atoms with Crippen LogP contribution in [0.2, 0.25) is 0 Å². The van der Waals surface area contributed by atoms with Crippen molar-refractivity contribution in [2.75, 3.05) is 27.2 Å². The average Bonchev–Trinajstić information content (AvgIpc) is 2.63. The van der Waals surface area contributed by atoms with Gasteiger partial charge in [-0.1, -0.05) is 48.5 Å². The molecule has 134 valence electrons. The highest BCUT2D eigenvalue weighted by Crippen LogP contribution is 2.15. The van der Waals surface area contributed by atoms with E-state index in [1.54, 1.807) is 25.3 Å². The number of methoxy groups -OCH3 is 1. The molecule has 0 bridgehead atoms. The van der Waals surface area contributed by atoms with Crippen molar-refractivity contribution in [3.05, 3.63) is 66.2 Å². The van der Waals surface area contributed by atoms with Gasteiger partial charge >= 0.3 is 0 Å². The van der Waals surface area contributed by atoms with Crippen LogP contribution in [0, 0.1) is 0 Å². The third-order valence-electron chi connectivity index (χ3n) is 3.76. The lowest BCUT2D eigenvalue weighted by Crippen LogP contribution is -2.39. The quantitative estimate of drug-likeness (QED) is 0.777. The largest absolute Gasteiger partial charge is 0.375 e. The Morgan fingerprint density at radius 2 is 1.64 bits per heavy atom. The molecule has 0 aliphatic carbocycles. The number of hydrogen-bond acceptors (Lipinski definition) is 4. The minimum Gasteiger partial charge on any atom is -0.375 e. The number of benzene rings is 2. The third kappa shape index (κ3) is 5.12. The van der Waals surface area contributed by atoms with Gasteiger partial charge in [0.25, 0.3) is 0 Å². The Hall–Kier alpha value is -2.22. The first-order valence-corrected chi connectivity index (χ1v) is 9.25. The van der Waals surface area contributed by atoms with Crippen LogP contribution in [-0.2, 0) is 19.6 Å². The molecule has 0 aromatic heterocycles. The zero-order chi connectivity index (χ0) is 18.3. The number of likely N-dealkylation sites (N-methyl/N-ethyl adjacent to an activating group) is 1.